The predicted molar refractivity (Wildman–Crippen MR) is 113 cm³/mol. The monoisotopic (exact) mass is 436 g/mol. The fourth-order valence-corrected chi connectivity index (χ4v) is 4.14. The molecular formula is C20H24N2O7S. The van der Waals surface area contributed by atoms with Crippen molar-refractivity contribution < 1.29 is 32.2 Å². The molecule has 9 nitrogen and oxygen atoms in total. The molecule has 1 aliphatic rings. The topological polar surface area (TPSA) is 103 Å². The summed E-state index contributed by atoms with van der Waals surface area (Å²) < 4.78 is 47.4. The van der Waals surface area contributed by atoms with Crippen molar-refractivity contribution in [1.29, 1.82) is 0 Å². The number of hydrogen-bond acceptors (Lipinski definition) is 7. The van der Waals surface area contributed by atoms with Gasteiger partial charge < -0.3 is 24.3 Å². The summed E-state index contributed by atoms with van der Waals surface area (Å²) in [7, 11) is -0.757. The largest absolute Gasteiger partial charge is 0.493 e. The number of ether oxygens (including phenoxy) is 4. The van der Waals surface area contributed by atoms with Crippen LogP contribution < -0.4 is 28.6 Å². The molecule has 0 saturated heterocycles. The van der Waals surface area contributed by atoms with Gasteiger partial charge >= 0.3 is 0 Å². The highest BCUT2D eigenvalue weighted by Gasteiger charge is 2.25. The molecule has 10 heteroatoms. The van der Waals surface area contributed by atoms with Crippen LogP contribution in [0.15, 0.2) is 30.3 Å². The summed E-state index contributed by atoms with van der Waals surface area (Å²) in [5.41, 5.74) is 0.787. The molecule has 1 N–H and O–H groups in total. The highest BCUT2D eigenvalue weighted by atomic mass is 32.2. The van der Waals surface area contributed by atoms with Crippen molar-refractivity contribution in [3.63, 3.8) is 0 Å². The smallest absolute Gasteiger partial charge is 0.257 e. The first-order chi connectivity index (χ1) is 14.3. The van der Waals surface area contributed by atoms with Crippen LogP contribution in [0.2, 0.25) is 0 Å². The SMILES string of the molecule is CCN(c1cc(OC)c(OC)cc1C(=O)Nc1ccc2c(c1)OCCO2)S(C)(=O)=O. The van der Waals surface area contributed by atoms with E-state index in [2.05, 4.69) is 5.32 Å². The highest BCUT2D eigenvalue weighted by molar-refractivity contribution is 7.92. The van der Waals surface area contributed by atoms with E-state index in [1.54, 1.807) is 25.1 Å². The first kappa shape index (κ1) is 21.6. The minimum absolute atomic E-state index is 0.120. The maximum atomic E-state index is 13.1. The van der Waals surface area contributed by atoms with Crippen LogP contribution in [0.3, 0.4) is 0 Å². The third-order valence-electron chi connectivity index (χ3n) is 4.50. The molecule has 30 heavy (non-hydrogen) atoms. The number of rotatable bonds is 7. The van der Waals surface area contributed by atoms with Crippen molar-refractivity contribution in [2.75, 3.05) is 49.9 Å². The van der Waals surface area contributed by atoms with Crippen LogP contribution in [0.4, 0.5) is 11.4 Å². The summed E-state index contributed by atoms with van der Waals surface area (Å²) >= 11 is 0. The number of nitrogens with zero attached hydrogens (tertiary/aromatic N) is 1. The molecule has 0 aliphatic carbocycles. The molecule has 0 radical (unpaired) electrons. The quantitative estimate of drug-likeness (QED) is 0.711. The van der Waals surface area contributed by atoms with E-state index in [1.165, 1.54) is 26.4 Å². The van der Waals surface area contributed by atoms with Crippen molar-refractivity contribution in [3.05, 3.63) is 35.9 Å². The molecule has 1 heterocycles. The molecule has 1 aliphatic heterocycles. The Morgan fingerprint density at radius 1 is 1.07 bits per heavy atom. The van der Waals surface area contributed by atoms with Gasteiger partial charge in [0.1, 0.15) is 13.2 Å². The Morgan fingerprint density at radius 3 is 2.30 bits per heavy atom. The normalized spacial score (nSPS) is 12.8. The second-order valence-electron chi connectivity index (χ2n) is 6.46. The van der Waals surface area contributed by atoms with Crippen molar-refractivity contribution in [3.8, 4) is 23.0 Å². The van der Waals surface area contributed by atoms with Gasteiger partial charge in [-0.2, -0.15) is 0 Å². The maximum Gasteiger partial charge on any atom is 0.257 e. The summed E-state index contributed by atoms with van der Waals surface area (Å²) in [4.78, 5) is 13.1. The van der Waals surface area contributed by atoms with Gasteiger partial charge in [0.2, 0.25) is 10.0 Å². The van der Waals surface area contributed by atoms with Gasteiger partial charge in [-0.1, -0.05) is 0 Å². The number of sulfonamides is 1. The molecule has 2 aromatic rings. The molecule has 3 rings (SSSR count). The average Bonchev–Trinajstić information content (AvgIpc) is 2.72. The molecule has 0 atom stereocenters. The Balaban J connectivity index is 2.03. The average molecular weight is 436 g/mol. The van der Waals surface area contributed by atoms with Gasteiger partial charge in [-0.25, -0.2) is 8.42 Å². The summed E-state index contributed by atoms with van der Waals surface area (Å²) in [6.45, 7) is 2.70. The van der Waals surface area contributed by atoms with Gasteiger partial charge in [-0.3, -0.25) is 9.10 Å². The van der Waals surface area contributed by atoms with E-state index in [4.69, 9.17) is 18.9 Å². The van der Waals surface area contributed by atoms with Crippen LogP contribution >= 0.6 is 0 Å². The van der Waals surface area contributed by atoms with E-state index < -0.39 is 15.9 Å². The molecule has 2 aromatic carbocycles. The minimum Gasteiger partial charge on any atom is -0.493 e. The van der Waals surface area contributed by atoms with Gasteiger partial charge in [0.05, 0.1) is 31.7 Å². The molecule has 0 spiro atoms. The highest BCUT2D eigenvalue weighted by Crippen LogP contribution is 2.37. The fraction of sp³-hybridized carbons (Fsp3) is 0.350. The first-order valence-corrected chi connectivity index (χ1v) is 11.1. The lowest BCUT2D eigenvalue weighted by atomic mass is 10.1. The van der Waals surface area contributed by atoms with Crippen LogP contribution in [0.1, 0.15) is 17.3 Å². The fourth-order valence-electron chi connectivity index (χ4n) is 3.16. The van der Waals surface area contributed by atoms with Gasteiger partial charge in [0.15, 0.2) is 23.0 Å². The van der Waals surface area contributed by atoms with Crippen LogP contribution in [-0.4, -0.2) is 54.6 Å². The van der Waals surface area contributed by atoms with Crippen LogP contribution in [0, 0.1) is 0 Å². The first-order valence-electron chi connectivity index (χ1n) is 9.23. The number of amides is 1. The number of methoxy groups -OCH3 is 2. The lowest BCUT2D eigenvalue weighted by Gasteiger charge is -2.24. The number of carbonyl (C=O) groups is 1. The number of fused-ring (bicyclic) bond motifs is 1. The van der Waals surface area contributed by atoms with E-state index in [0.29, 0.717) is 41.9 Å². The number of hydrogen-bond donors (Lipinski definition) is 1. The second-order valence-corrected chi connectivity index (χ2v) is 8.37. The number of anilines is 2. The number of carbonyl (C=O) groups excluding carboxylic acids is 1. The Bertz CT molecular complexity index is 1050. The van der Waals surface area contributed by atoms with Crippen molar-refractivity contribution >= 4 is 27.3 Å². The predicted octanol–water partition coefficient (Wildman–Crippen LogP) is 2.51. The van der Waals surface area contributed by atoms with E-state index >= 15 is 0 Å². The summed E-state index contributed by atoms with van der Waals surface area (Å²) in [6, 6.07) is 7.97. The minimum atomic E-state index is -3.63. The molecule has 0 unspecified atom stereocenters. The Kier molecular flexibility index (Phi) is 6.25. The molecule has 162 valence electrons. The zero-order valence-electron chi connectivity index (χ0n) is 17.2. The summed E-state index contributed by atoms with van der Waals surface area (Å²) in [5, 5.41) is 2.78. The third kappa shape index (κ3) is 4.38. The third-order valence-corrected chi connectivity index (χ3v) is 5.76. The molecule has 1 amide bonds. The zero-order valence-corrected chi connectivity index (χ0v) is 18.0. The Morgan fingerprint density at radius 2 is 1.70 bits per heavy atom. The van der Waals surface area contributed by atoms with E-state index in [-0.39, 0.29) is 17.8 Å². The molecule has 0 bridgehead atoms. The van der Waals surface area contributed by atoms with E-state index in [1.807, 2.05) is 0 Å². The lowest BCUT2D eigenvalue weighted by molar-refractivity contribution is 0.102. The maximum absolute atomic E-state index is 13.1. The van der Waals surface area contributed by atoms with Crippen LogP contribution in [0.5, 0.6) is 23.0 Å². The van der Waals surface area contributed by atoms with Crippen molar-refractivity contribution in [1.82, 2.24) is 0 Å². The Hall–Kier alpha value is -3.14. The summed E-state index contributed by atoms with van der Waals surface area (Å²) in [5.74, 6) is 1.23. The molecular weight excluding hydrogens is 412 g/mol. The molecule has 0 aromatic heterocycles. The summed E-state index contributed by atoms with van der Waals surface area (Å²) in [6.07, 6.45) is 1.08. The van der Waals surface area contributed by atoms with Crippen molar-refractivity contribution in [2.24, 2.45) is 0 Å². The van der Waals surface area contributed by atoms with Crippen molar-refractivity contribution in [2.45, 2.75) is 6.92 Å². The molecule has 0 saturated carbocycles. The lowest BCUT2D eigenvalue weighted by Crippen LogP contribution is -2.31. The van der Waals surface area contributed by atoms with E-state index in [0.717, 1.165) is 10.6 Å². The van der Waals surface area contributed by atoms with Gasteiger partial charge in [0, 0.05) is 24.4 Å². The number of nitrogens with one attached hydrogen (secondary N) is 1. The van der Waals surface area contributed by atoms with Gasteiger partial charge in [-0.15, -0.1) is 0 Å². The van der Waals surface area contributed by atoms with Gasteiger partial charge in [-0.05, 0) is 25.1 Å². The van der Waals surface area contributed by atoms with Crippen LogP contribution in [-0.2, 0) is 10.0 Å². The molecule has 0 fully saturated rings. The Labute approximate surface area is 175 Å². The standard InChI is InChI=1S/C20H24N2O7S/c1-5-22(30(4,24)25)15-12-18(27-3)17(26-2)11-14(15)20(23)21-13-6-7-16-19(10-13)29-9-8-28-16/h6-7,10-12H,5,8-9H2,1-4H3,(H,21,23). The van der Waals surface area contributed by atoms with E-state index in [9.17, 15) is 13.2 Å². The second kappa shape index (κ2) is 8.70. The number of benzene rings is 2. The van der Waals surface area contributed by atoms with Crippen LogP contribution in [0.25, 0.3) is 0 Å². The van der Waals surface area contributed by atoms with Gasteiger partial charge in [0.25, 0.3) is 5.91 Å². The zero-order chi connectivity index (χ0) is 21.9.